The van der Waals surface area contributed by atoms with Crippen LogP contribution in [0.5, 0.6) is 0 Å². The van der Waals surface area contributed by atoms with Crippen LogP contribution < -0.4 is 0 Å². The first-order valence-corrected chi connectivity index (χ1v) is 10.7. The molecule has 0 N–H and O–H groups in total. The smallest absolute Gasteiger partial charge is 0.216 e. The zero-order chi connectivity index (χ0) is 22.6. The molecule has 0 spiro atoms. The fraction of sp³-hybridized carbons (Fsp3) is 0.0690. The van der Waals surface area contributed by atoms with Gasteiger partial charge in [0.05, 0.1) is 5.58 Å². The van der Waals surface area contributed by atoms with Crippen molar-refractivity contribution in [2.45, 2.75) is 13.8 Å². The van der Waals surface area contributed by atoms with Gasteiger partial charge in [0, 0.05) is 44.1 Å². The fourth-order valence-electron chi connectivity index (χ4n) is 3.60. The van der Waals surface area contributed by atoms with Gasteiger partial charge in [-0.3, -0.25) is 0 Å². The van der Waals surface area contributed by atoms with E-state index in [9.17, 15) is 0 Å². The maximum atomic E-state index is 5.86. The SMILES string of the molecule is Cc1cnc(-c2[c-]cccc2)cc1C.[Ir].[c-]1ccc2c(oc3ncccc32)c1-c1ccccn1. The van der Waals surface area contributed by atoms with Crippen LogP contribution in [0.25, 0.3) is 44.6 Å². The first-order valence-electron chi connectivity index (χ1n) is 10.7. The van der Waals surface area contributed by atoms with Crippen LogP contribution in [0.4, 0.5) is 0 Å². The van der Waals surface area contributed by atoms with Crippen molar-refractivity contribution in [1.82, 2.24) is 15.0 Å². The van der Waals surface area contributed by atoms with Crippen molar-refractivity contribution < 1.29 is 24.5 Å². The van der Waals surface area contributed by atoms with E-state index in [-0.39, 0.29) is 20.1 Å². The van der Waals surface area contributed by atoms with Gasteiger partial charge < -0.3 is 14.4 Å². The number of fused-ring (bicyclic) bond motifs is 3. The fourth-order valence-corrected chi connectivity index (χ4v) is 3.60. The van der Waals surface area contributed by atoms with E-state index in [1.54, 1.807) is 12.4 Å². The Morgan fingerprint density at radius 1 is 0.706 bits per heavy atom. The van der Waals surface area contributed by atoms with Crippen LogP contribution in [0, 0.1) is 26.0 Å². The number of pyridine rings is 3. The summed E-state index contributed by atoms with van der Waals surface area (Å²) in [7, 11) is 0. The average Bonchev–Trinajstić information content (AvgIpc) is 3.26. The van der Waals surface area contributed by atoms with Gasteiger partial charge in [-0.05, 0) is 49.0 Å². The Morgan fingerprint density at radius 3 is 2.32 bits per heavy atom. The molecule has 0 unspecified atom stereocenters. The topological polar surface area (TPSA) is 51.8 Å². The van der Waals surface area contributed by atoms with Crippen molar-refractivity contribution in [3.63, 3.8) is 0 Å². The van der Waals surface area contributed by atoms with E-state index >= 15 is 0 Å². The summed E-state index contributed by atoms with van der Waals surface area (Å²) < 4.78 is 5.86. The molecule has 0 atom stereocenters. The zero-order valence-corrected chi connectivity index (χ0v) is 21.1. The van der Waals surface area contributed by atoms with Crippen molar-refractivity contribution in [1.29, 1.82) is 0 Å². The minimum atomic E-state index is 0. The van der Waals surface area contributed by atoms with Crippen LogP contribution in [0.1, 0.15) is 11.1 Å². The molecule has 2 aromatic carbocycles. The Labute approximate surface area is 212 Å². The van der Waals surface area contributed by atoms with Gasteiger partial charge >= 0.3 is 0 Å². The Balaban J connectivity index is 0.000000164. The summed E-state index contributed by atoms with van der Waals surface area (Å²) in [6.45, 7) is 4.17. The molecule has 0 aliphatic rings. The van der Waals surface area contributed by atoms with E-state index in [2.05, 4.69) is 47.0 Å². The molecule has 0 aliphatic carbocycles. The summed E-state index contributed by atoms with van der Waals surface area (Å²) in [5.41, 5.74) is 7.70. The third-order valence-electron chi connectivity index (χ3n) is 5.49. The molecule has 4 nitrogen and oxygen atoms in total. The van der Waals surface area contributed by atoms with Crippen LogP contribution in [-0.2, 0) is 20.1 Å². The molecule has 0 aliphatic heterocycles. The van der Waals surface area contributed by atoms with Gasteiger partial charge in [-0.25, -0.2) is 4.98 Å². The van der Waals surface area contributed by atoms with E-state index in [0.29, 0.717) is 5.71 Å². The van der Waals surface area contributed by atoms with Gasteiger partial charge in [0.2, 0.25) is 5.71 Å². The molecular formula is C29H21IrN3O-2. The zero-order valence-electron chi connectivity index (χ0n) is 18.7. The molecule has 4 heterocycles. The minimum Gasteiger partial charge on any atom is -0.486 e. The average molecular weight is 620 g/mol. The van der Waals surface area contributed by atoms with Gasteiger partial charge in [-0.15, -0.1) is 54.1 Å². The number of aryl methyl sites for hydroxylation is 2. The van der Waals surface area contributed by atoms with E-state index < -0.39 is 0 Å². The molecule has 0 amide bonds. The molecule has 4 aromatic heterocycles. The Kier molecular flexibility index (Phi) is 7.27. The summed E-state index contributed by atoms with van der Waals surface area (Å²) in [5.74, 6) is 0. The maximum Gasteiger partial charge on any atom is 0.216 e. The van der Waals surface area contributed by atoms with Gasteiger partial charge in [0.1, 0.15) is 0 Å². The number of hydrogen-bond donors (Lipinski definition) is 0. The van der Waals surface area contributed by atoms with Crippen LogP contribution in [0.3, 0.4) is 0 Å². The summed E-state index contributed by atoms with van der Waals surface area (Å²) in [6.07, 6.45) is 5.41. The monoisotopic (exact) mass is 620 g/mol. The molecule has 0 saturated heterocycles. The van der Waals surface area contributed by atoms with Crippen molar-refractivity contribution in [3.05, 3.63) is 115 Å². The molecule has 6 aromatic rings. The largest absolute Gasteiger partial charge is 0.486 e. The molecule has 0 bridgehead atoms. The normalized spacial score (nSPS) is 10.4. The number of benzene rings is 2. The molecule has 6 rings (SSSR count). The summed E-state index contributed by atoms with van der Waals surface area (Å²) >= 11 is 0. The van der Waals surface area contributed by atoms with Crippen molar-refractivity contribution in [2.24, 2.45) is 0 Å². The predicted octanol–water partition coefficient (Wildman–Crippen LogP) is 7.01. The number of rotatable bonds is 2. The van der Waals surface area contributed by atoms with Gasteiger partial charge in [-0.1, -0.05) is 34.7 Å². The molecule has 0 fully saturated rings. The summed E-state index contributed by atoms with van der Waals surface area (Å²) in [5, 5.41) is 2.06. The van der Waals surface area contributed by atoms with Crippen LogP contribution >= 0.6 is 0 Å². The van der Waals surface area contributed by atoms with Crippen molar-refractivity contribution >= 4 is 22.1 Å². The molecule has 169 valence electrons. The Bertz CT molecular complexity index is 1530. The second-order valence-corrected chi connectivity index (χ2v) is 7.70. The second kappa shape index (κ2) is 10.5. The Morgan fingerprint density at radius 2 is 1.56 bits per heavy atom. The number of aromatic nitrogens is 3. The van der Waals surface area contributed by atoms with Crippen LogP contribution in [0.2, 0.25) is 0 Å². The number of nitrogens with zero attached hydrogens (tertiary/aromatic N) is 3. The number of furan rings is 1. The predicted molar refractivity (Wildman–Crippen MR) is 132 cm³/mol. The van der Waals surface area contributed by atoms with E-state index in [0.717, 1.165) is 38.9 Å². The summed E-state index contributed by atoms with van der Waals surface area (Å²) in [4.78, 5) is 13.0. The van der Waals surface area contributed by atoms with Crippen LogP contribution in [-0.4, -0.2) is 15.0 Å². The molecule has 1 radical (unpaired) electrons. The van der Waals surface area contributed by atoms with Crippen LogP contribution in [0.15, 0.2) is 95.8 Å². The van der Waals surface area contributed by atoms with Gasteiger partial charge in [0.15, 0.2) is 0 Å². The van der Waals surface area contributed by atoms with E-state index in [4.69, 9.17) is 4.42 Å². The molecular weight excluding hydrogens is 599 g/mol. The van der Waals surface area contributed by atoms with E-state index in [1.165, 1.54) is 11.1 Å². The number of hydrogen-bond acceptors (Lipinski definition) is 4. The standard InChI is InChI=1S/C16H9N2O.C13H12N.Ir/c1-2-9-17-14(8-1)13-6-3-5-11-12-7-4-10-18-16(12)19-15(11)13;1-10-8-13(14-9-11(10)2)12-6-4-3-5-7-12;/h1-5,7-10H;3-6,8-9H,1-2H3;/q2*-1;. The van der Waals surface area contributed by atoms with E-state index in [1.807, 2.05) is 72.9 Å². The quantitative estimate of drug-likeness (QED) is 0.196. The Hall–Kier alpha value is -3.66. The van der Waals surface area contributed by atoms with Crippen molar-refractivity contribution in [2.75, 3.05) is 0 Å². The first-order chi connectivity index (χ1) is 16.2. The van der Waals surface area contributed by atoms with Gasteiger partial charge in [-0.2, -0.15) is 0 Å². The first kappa shape index (κ1) is 23.5. The van der Waals surface area contributed by atoms with Crippen molar-refractivity contribution in [3.8, 4) is 22.5 Å². The molecule has 34 heavy (non-hydrogen) atoms. The maximum absolute atomic E-state index is 5.86. The third kappa shape index (κ3) is 4.81. The van der Waals surface area contributed by atoms with Gasteiger partial charge in [0.25, 0.3) is 0 Å². The minimum absolute atomic E-state index is 0. The third-order valence-corrected chi connectivity index (χ3v) is 5.49. The molecule has 0 saturated carbocycles. The summed E-state index contributed by atoms with van der Waals surface area (Å²) in [6, 6.07) is 30.0. The second-order valence-electron chi connectivity index (χ2n) is 7.70. The molecule has 5 heteroatoms.